The largest absolute Gasteiger partial charge is 0.201 e. The third-order valence-electron chi connectivity index (χ3n) is 0.347. The first kappa shape index (κ1) is 6.63. The quantitative estimate of drug-likeness (QED) is 0.442. The summed E-state index contributed by atoms with van der Waals surface area (Å²) < 4.78 is 3.76. The number of hydrogen-bond donors (Lipinski definition) is 0. The van der Waals surface area contributed by atoms with Crippen molar-refractivity contribution in [3.8, 4) is 0 Å². The normalized spacial score (nSPS) is 6.67. The van der Waals surface area contributed by atoms with Crippen LogP contribution in [-0.4, -0.2) is 33.9 Å². The van der Waals surface area contributed by atoms with Crippen molar-refractivity contribution in [1.82, 2.24) is 4.37 Å². The molecule has 0 N–H and O–H groups in total. The van der Waals surface area contributed by atoms with Gasteiger partial charge in [0, 0.05) is 11.6 Å². The van der Waals surface area contributed by atoms with Crippen molar-refractivity contribution in [2.75, 3.05) is 0 Å². The molecule has 0 spiro atoms. The molecule has 6 heavy (non-hydrogen) atoms. The van der Waals surface area contributed by atoms with Crippen molar-refractivity contribution in [1.29, 1.82) is 0 Å². The van der Waals surface area contributed by atoms with E-state index < -0.39 is 0 Å². The summed E-state index contributed by atoms with van der Waals surface area (Å²) >= 11 is 1.46. The molecule has 0 bridgehead atoms. The standard InChI is InChI=1S/C3H3NS.Na.H/c1-2-4-5-3-1;;/h1-3H;;. The van der Waals surface area contributed by atoms with E-state index in [0.717, 1.165) is 0 Å². The zero-order chi connectivity index (χ0) is 3.54. The summed E-state index contributed by atoms with van der Waals surface area (Å²) in [5, 5.41) is 1.93. The minimum Gasteiger partial charge on any atom is -0.201 e. The molecule has 1 nitrogen and oxygen atoms in total. The van der Waals surface area contributed by atoms with Crippen LogP contribution in [0.4, 0.5) is 0 Å². The van der Waals surface area contributed by atoms with Crippen LogP contribution in [0.15, 0.2) is 17.6 Å². The van der Waals surface area contributed by atoms with Crippen molar-refractivity contribution in [3.63, 3.8) is 0 Å². The van der Waals surface area contributed by atoms with Crippen molar-refractivity contribution in [2.24, 2.45) is 0 Å². The van der Waals surface area contributed by atoms with Crippen LogP contribution in [0.1, 0.15) is 0 Å². The Morgan fingerprint density at radius 3 is 2.50 bits per heavy atom. The molecule has 0 unspecified atom stereocenters. The molecular formula is C3H4NNaS. The van der Waals surface area contributed by atoms with Crippen LogP contribution in [-0.2, 0) is 0 Å². The maximum absolute atomic E-state index is 3.76. The average Bonchev–Trinajstić information content (AvgIpc) is 1.76. The zero-order valence-electron chi connectivity index (χ0n) is 2.59. The molecule has 0 aliphatic carbocycles. The van der Waals surface area contributed by atoms with E-state index in [1.807, 2.05) is 11.4 Å². The number of rotatable bonds is 0. The van der Waals surface area contributed by atoms with Crippen LogP contribution in [0.5, 0.6) is 0 Å². The van der Waals surface area contributed by atoms with Gasteiger partial charge in [0.2, 0.25) is 0 Å². The predicted octanol–water partition coefficient (Wildman–Crippen LogP) is 0.495. The second-order valence-corrected chi connectivity index (χ2v) is 1.38. The molecule has 3 heteroatoms. The molecule has 0 aromatic carbocycles. The van der Waals surface area contributed by atoms with E-state index in [1.54, 1.807) is 6.20 Å². The van der Waals surface area contributed by atoms with Crippen LogP contribution in [0.25, 0.3) is 0 Å². The van der Waals surface area contributed by atoms with Crippen LogP contribution in [0.2, 0.25) is 0 Å². The Morgan fingerprint density at radius 2 is 2.33 bits per heavy atom. The first-order valence-electron chi connectivity index (χ1n) is 1.34. The predicted molar refractivity (Wildman–Crippen MR) is 29.3 cm³/mol. The summed E-state index contributed by atoms with van der Waals surface area (Å²) in [5.74, 6) is 0. The molecule has 1 rings (SSSR count). The average molecular weight is 109 g/mol. The molecule has 0 radical (unpaired) electrons. The molecule has 0 saturated carbocycles. The molecule has 1 aromatic heterocycles. The Bertz CT molecular complexity index is 67.3. The molecule has 0 aliphatic heterocycles. The van der Waals surface area contributed by atoms with Crippen molar-refractivity contribution in [2.45, 2.75) is 0 Å². The van der Waals surface area contributed by atoms with Crippen LogP contribution < -0.4 is 0 Å². The maximum Gasteiger partial charge on any atom is 0.0406 e. The van der Waals surface area contributed by atoms with Crippen LogP contribution in [0, 0.1) is 0 Å². The molecule has 0 saturated heterocycles. The number of nitrogens with zero attached hydrogens (tertiary/aromatic N) is 1. The smallest absolute Gasteiger partial charge is 0.0406 e. The Hall–Kier alpha value is 0.630. The third-order valence-corrected chi connectivity index (χ3v) is 0.869. The molecule has 1 heterocycles. The minimum atomic E-state index is 0. The van der Waals surface area contributed by atoms with Crippen molar-refractivity contribution in [3.05, 3.63) is 17.6 Å². The van der Waals surface area contributed by atoms with Gasteiger partial charge in [0.05, 0.1) is 0 Å². The second-order valence-electron chi connectivity index (χ2n) is 0.688. The summed E-state index contributed by atoms with van der Waals surface area (Å²) in [7, 11) is 0. The van der Waals surface area contributed by atoms with E-state index in [4.69, 9.17) is 0 Å². The molecular weight excluding hydrogens is 105 g/mol. The van der Waals surface area contributed by atoms with Crippen molar-refractivity contribution < 1.29 is 0 Å². The summed E-state index contributed by atoms with van der Waals surface area (Å²) in [4.78, 5) is 0. The Morgan fingerprint density at radius 1 is 1.50 bits per heavy atom. The first-order valence-corrected chi connectivity index (χ1v) is 2.18. The second kappa shape index (κ2) is 3.81. The molecule has 0 atom stereocenters. The van der Waals surface area contributed by atoms with Gasteiger partial charge in [0.15, 0.2) is 0 Å². The van der Waals surface area contributed by atoms with Gasteiger partial charge in [-0.25, -0.2) is 4.37 Å². The SMILES string of the molecule is [NaH].c1cnsc1. The maximum atomic E-state index is 3.76. The monoisotopic (exact) mass is 109 g/mol. The van der Waals surface area contributed by atoms with Gasteiger partial charge < -0.3 is 0 Å². The Labute approximate surface area is 62.8 Å². The van der Waals surface area contributed by atoms with E-state index in [1.165, 1.54) is 11.5 Å². The summed E-state index contributed by atoms with van der Waals surface area (Å²) in [6.07, 6.45) is 1.77. The van der Waals surface area contributed by atoms with Gasteiger partial charge in [0.1, 0.15) is 0 Å². The molecule has 0 amide bonds. The Balaban J connectivity index is 0.000000250. The van der Waals surface area contributed by atoms with Gasteiger partial charge in [-0.2, -0.15) is 0 Å². The topological polar surface area (TPSA) is 12.9 Å². The molecule has 28 valence electrons. The van der Waals surface area contributed by atoms with Gasteiger partial charge in [0.25, 0.3) is 0 Å². The molecule has 0 fully saturated rings. The van der Waals surface area contributed by atoms with E-state index in [2.05, 4.69) is 4.37 Å². The minimum absolute atomic E-state index is 0. The third kappa shape index (κ3) is 1.92. The van der Waals surface area contributed by atoms with Gasteiger partial charge in [-0.1, -0.05) is 0 Å². The van der Waals surface area contributed by atoms with E-state index in [0.29, 0.717) is 0 Å². The van der Waals surface area contributed by atoms with Gasteiger partial charge in [-0.15, -0.1) is 0 Å². The summed E-state index contributed by atoms with van der Waals surface area (Å²) in [6, 6.07) is 1.91. The molecule has 1 aromatic rings. The van der Waals surface area contributed by atoms with Gasteiger partial charge >= 0.3 is 29.6 Å². The van der Waals surface area contributed by atoms with Crippen LogP contribution >= 0.6 is 11.5 Å². The summed E-state index contributed by atoms with van der Waals surface area (Å²) in [5.41, 5.74) is 0. The van der Waals surface area contributed by atoms with Gasteiger partial charge in [-0.05, 0) is 17.6 Å². The fraction of sp³-hybridized carbons (Fsp3) is 0. The van der Waals surface area contributed by atoms with Gasteiger partial charge in [-0.3, -0.25) is 0 Å². The fourth-order valence-corrected chi connectivity index (χ4v) is 0.527. The zero-order valence-corrected chi connectivity index (χ0v) is 3.40. The first-order chi connectivity index (χ1) is 2.50. The summed E-state index contributed by atoms with van der Waals surface area (Å²) in [6.45, 7) is 0. The fourth-order valence-electron chi connectivity index (χ4n) is 0.176. The van der Waals surface area contributed by atoms with E-state index in [9.17, 15) is 0 Å². The molecule has 0 aliphatic rings. The van der Waals surface area contributed by atoms with E-state index in [-0.39, 0.29) is 29.6 Å². The number of hydrogen-bond acceptors (Lipinski definition) is 2. The number of aromatic nitrogens is 1. The van der Waals surface area contributed by atoms with Crippen molar-refractivity contribution >= 4 is 41.1 Å². The van der Waals surface area contributed by atoms with E-state index >= 15 is 0 Å². The Kier molecular flexibility index (Phi) is 4.21. The van der Waals surface area contributed by atoms with Crippen LogP contribution in [0.3, 0.4) is 0 Å².